The molecule has 0 bridgehead atoms. The molecule has 30 heavy (non-hydrogen) atoms. The van der Waals surface area contributed by atoms with E-state index in [1.807, 2.05) is 18.2 Å². The molecule has 0 aromatic heterocycles. The van der Waals surface area contributed by atoms with E-state index in [9.17, 15) is 9.18 Å². The first kappa shape index (κ1) is 20.9. The first-order valence-corrected chi connectivity index (χ1v) is 9.11. The van der Waals surface area contributed by atoms with Crippen molar-refractivity contribution in [2.75, 3.05) is 14.2 Å². The lowest BCUT2D eigenvalue weighted by Crippen LogP contribution is -2.17. The number of carbonyl (C=O) groups is 1. The molecule has 1 amide bonds. The number of carbonyl (C=O) groups excluding carboxylic acids is 1. The van der Waals surface area contributed by atoms with Gasteiger partial charge in [-0.15, -0.1) is 0 Å². The maximum atomic E-state index is 13.0. The molecule has 0 fully saturated rings. The Morgan fingerprint density at radius 1 is 0.967 bits per heavy atom. The van der Waals surface area contributed by atoms with Crippen LogP contribution in [0.15, 0.2) is 71.8 Å². The maximum absolute atomic E-state index is 13.0. The minimum absolute atomic E-state index is 0.286. The highest BCUT2D eigenvalue weighted by molar-refractivity contribution is 5.95. The molecule has 154 valence electrons. The van der Waals surface area contributed by atoms with Crippen molar-refractivity contribution in [3.8, 4) is 17.2 Å². The predicted octanol–water partition coefficient (Wildman–Crippen LogP) is 4.19. The summed E-state index contributed by atoms with van der Waals surface area (Å²) in [4.78, 5) is 12.3. The molecule has 0 atom stereocenters. The summed E-state index contributed by atoms with van der Waals surface area (Å²) < 4.78 is 29.0. The van der Waals surface area contributed by atoms with E-state index < -0.39 is 5.91 Å². The zero-order valence-electron chi connectivity index (χ0n) is 16.6. The lowest BCUT2D eigenvalue weighted by atomic mass is 10.2. The number of ether oxygens (including phenoxy) is 3. The number of hydrazone groups is 1. The van der Waals surface area contributed by atoms with Gasteiger partial charge in [0, 0.05) is 11.6 Å². The summed E-state index contributed by atoms with van der Waals surface area (Å²) in [7, 11) is 3.03. The largest absolute Gasteiger partial charge is 0.497 e. The van der Waals surface area contributed by atoms with Crippen LogP contribution in [0.2, 0.25) is 0 Å². The minimum atomic E-state index is -0.396. The van der Waals surface area contributed by atoms with Gasteiger partial charge in [-0.2, -0.15) is 5.10 Å². The number of nitrogens with zero attached hydrogens (tertiary/aromatic N) is 1. The molecule has 3 rings (SSSR count). The average Bonchev–Trinajstić information content (AvgIpc) is 2.78. The van der Waals surface area contributed by atoms with E-state index in [-0.39, 0.29) is 5.82 Å². The number of rotatable bonds is 8. The van der Waals surface area contributed by atoms with Gasteiger partial charge in [-0.3, -0.25) is 4.79 Å². The van der Waals surface area contributed by atoms with Crippen LogP contribution in [-0.2, 0) is 6.61 Å². The van der Waals surface area contributed by atoms with Crippen LogP contribution in [0, 0.1) is 5.82 Å². The Labute approximate surface area is 173 Å². The van der Waals surface area contributed by atoms with Crippen molar-refractivity contribution in [2.24, 2.45) is 5.10 Å². The van der Waals surface area contributed by atoms with E-state index in [0.717, 1.165) is 11.1 Å². The zero-order chi connectivity index (χ0) is 21.3. The molecule has 0 saturated heterocycles. The third kappa shape index (κ3) is 5.81. The van der Waals surface area contributed by atoms with Gasteiger partial charge >= 0.3 is 0 Å². The van der Waals surface area contributed by atoms with Gasteiger partial charge in [0.1, 0.15) is 29.7 Å². The summed E-state index contributed by atoms with van der Waals surface area (Å²) in [5.74, 6) is 0.967. The smallest absolute Gasteiger partial charge is 0.271 e. The molecule has 0 unspecified atom stereocenters. The molecule has 1 N–H and O–H groups in total. The fourth-order valence-corrected chi connectivity index (χ4v) is 2.60. The molecule has 3 aromatic carbocycles. The molecule has 0 aliphatic rings. The predicted molar refractivity (Wildman–Crippen MR) is 112 cm³/mol. The van der Waals surface area contributed by atoms with E-state index in [4.69, 9.17) is 14.2 Å². The van der Waals surface area contributed by atoms with Crippen LogP contribution in [0.25, 0.3) is 0 Å². The van der Waals surface area contributed by atoms with Crippen LogP contribution in [0.1, 0.15) is 21.5 Å². The van der Waals surface area contributed by atoms with Crippen molar-refractivity contribution < 1.29 is 23.4 Å². The third-order valence-electron chi connectivity index (χ3n) is 4.17. The first-order chi connectivity index (χ1) is 14.6. The molecular weight excluding hydrogens is 387 g/mol. The number of methoxy groups -OCH3 is 2. The van der Waals surface area contributed by atoms with Crippen molar-refractivity contribution in [1.29, 1.82) is 0 Å². The Bertz CT molecular complexity index is 1010. The van der Waals surface area contributed by atoms with Crippen LogP contribution in [0.5, 0.6) is 17.2 Å². The number of benzene rings is 3. The fraction of sp³-hybridized carbons (Fsp3) is 0.130. The highest BCUT2D eigenvalue weighted by Gasteiger charge is 2.09. The Balaban J connectivity index is 1.60. The average molecular weight is 408 g/mol. The van der Waals surface area contributed by atoms with Gasteiger partial charge < -0.3 is 14.2 Å². The highest BCUT2D eigenvalue weighted by atomic mass is 19.1. The van der Waals surface area contributed by atoms with Crippen molar-refractivity contribution in [1.82, 2.24) is 5.43 Å². The second-order valence-corrected chi connectivity index (χ2v) is 6.29. The van der Waals surface area contributed by atoms with Crippen LogP contribution in [0.3, 0.4) is 0 Å². The van der Waals surface area contributed by atoms with Crippen LogP contribution in [0.4, 0.5) is 4.39 Å². The minimum Gasteiger partial charge on any atom is -0.497 e. The molecule has 3 aromatic rings. The van der Waals surface area contributed by atoms with Gasteiger partial charge in [0.15, 0.2) is 0 Å². The molecule has 0 radical (unpaired) electrons. The molecule has 6 nitrogen and oxygen atoms in total. The number of hydrogen-bond donors (Lipinski definition) is 1. The highest BCUT2D eigenvalue weighted by Crippen LogP contribution is 2.22. The Kier molecular flexibility index (Phi) is 7.00. The molecule has 0 aliphatic heterocycles. The van der Waals surface area contributed by atoms with E-state index in [1.165, 1.54) is 32.6 Å². The third-order valence-corrected chi connectivity index (χ3v) is 4.17. The van der Waals surface area contributed by atoms with E-state index in [0.29, 0.717) is 29.4 Å². The van der Waals surface area contributed by atoms with Gasteiger partial charge in [-0.05, 0) is 47.5 Å². The Morgan fingerprint density at radius 3 is 2.33 bits per heavy atom. The lowest BCUT2D eigenvalue weighted by molar-refractivity contribution is 0.0954. The van der Waals surface area contributed by atoms with Crippen molar-refractivity contribution in [3.05, 3.63) is 89.2 Å². The Hall–Kier alpha value is -3.87. The summed E-state index contributed by atoms with van der Waals surface area (Å²) in [5.41, 5.74) is 4.44. The molecule has 0 saturated carbocycles. The van der Waals surface area contributed by atoms with Crippen LogP contribution < -0.4 is 19.6 Å². The van der Waals surface area contributed by atoms with Crippen molar-refractivity contribution >= 4 is 12.1 Å². The van der Waals surface area contributed by atoms with Gasteiger partial charge in [0.2, 0.25) is 0 Å². The van der Waals surface area contributed by atoms with E-state index >= 15 is 0 Å². The SMILES string of the molecule is COc1cc(OC)cc(C(=O)N/N=C\c2cccc(OCc3ccc(F)cc3)c2)c1. The van der Waals surface area contributed by atoms with E-state index in [2.05, 4.69) is 10.5 Å². The first-order valence-electron chi connectivity index (χ1n) is 9.11. The topological polar surface area (TPSA) is 69.2 Å². The summed E-state index contributed by atoms with van der Waals surface area (Å²) in [6.07, 6.45) is 1.51. The zero-order valence-corrected chi connectivity index (χ0v) is 16.6. The lowest BCUT2D eigenvalue weighted by Gasteiger charge is -2.08. The Morgan fingerprint density at radius 2 is 1.67 bits per heavy atom. The molecule has 0 aliphatic carbocycles. The summed E-state index contributed by atoms with van der Waals surface area (Å²) in [6.45, 7) is 0.315. The van der Waals surface area contributed by atoms with Gasteiger partial charge in [0.05, 0.1) is 20.4 Å². The molecule has 0 spiro atoms. The summed E-state index contributed by atoms with van der Waals surface area (Å²) >= 11 is 0. The number of hydrogen-bond acceptors (Lipinski definition) is 5. The van der Waals surface area contributed by atoms with E-state index in [1.54, 1.807) is 36.4 Å². The summed E-state index contributed by atoms with van der Waals surface area (Å²) in [5, 5.41) is 3.99. The van der Waals surface area contributed by atoms with Crippen molar-refractivity contribution in [2.45, 2.75) is 6.61 Å². The standard InChI is InChI=1S/C23H21FN2O4/c1-28-21-11-18(12-22(13-21)29-2)23(27)26-25-14-17-4-3-5-20(10-17)30-15-16-6-8-19(24)9-7-16/h3-14H,15H2,1-2H3,(H,26,27)/b25-14-. The van der Waals surface area contributed by atoms with Crippen LogP contribution in [-0.4, -0.2) is 26.3 Å². The van der Waals surface area contributed by atoms with Gasteiger partial charge in [-0.1, -0.05) is 24.3 Å². The number of amides is 1. The second kappa shape index (κ2) is 10.1. The number of halogens is 1. The number of nitrogens with one attached hydrogen (secondary N) is 1. The molecule has 0 heterocycles. The van der Waals surface area contributed by atoms with Gasteiger partial charge in [0.25, 0.3) is 5.91 Å². The fourth-order valence-electron chi connectivity index (χ4n) is 2.60. The quantitative estimate of drug-likeness (QED) is 0.448. The maximum Gasteiger partial charge on any atom is 0.271 e. The summed E-state index contributed by atoms with van der Waals surface area (Å²) in [6, 6.07) is 18.2. The molecular formula is C23H21FN2O4. The van der Waals surface area contributed by atoms with Gasteiger partial charge in [-0.25, -0.2) is 9.82 Å². The van der Waals surface area contributed by atoms with Crippen molar-refractivity contribution in [3.63, 3.8) is 0 Å². The second-order valence-electron chi connectivity index (χ2n) is 6.29. The molecule has 7 heteroatoms. The monoisotopic (exact) mass is 408 g/mol. The normalized spacial score (nSPS) is 10.6. The van der Waals surface area contributed by atoms with Crippen LogP contribution >= 0.6 is 0 Å².